The lowest BCUT2D eigenvalue weighted by molar-refractivity contribution is -0.137. The fraction of sp³-hybridized carbons (Fsp3) is 0.409. The molecule has 0 radical (unpaired) electrons. The van der Waals surface area contributed by atoms with E-state index in [0.29, 0.717) is 0 Å². The molecular formula is C22H25F3N2O. The van der Waals surface area contributed by atoms with E-state index in [4.69, 9.17) is 0 Å². The van der Waals surface area contributed by atoms with Crippen molar-refractivity contribution in [1.29, 1.82) is 0 Å². The summed E-state index contributed by atoms with van der Waals surface area (Å²) in [7, 11) is 0. The highest BCUT2D eigenvalue weighted by Gasteiger charge is 2.34. The summed E-state index contributed by atoms with van der Waals surface area (Å²) in [5.74, 6) is 0.0733. The van der Waals surface area contributed by atoms with Gasteiger partial charge in [0.15, 0.2) is 0 Å². The third kappa shape index (κ3) is 5.35. The number of piperidine rings is 1. The van der Waals surface area contributed by atoms with Gasteiger partial charge < -0.3 is 5.32 Å². The molecule has 1 fully saturated rings. The summed E-state index contributed by atoms with van der Waals surface area (Å²) in [4.78, 5) is 14.7. The van der Waals surface area contributed by atoms with Crippen LogP contribution in [0.3, 0.4) is 0 Å². The maximum absolute atomic E-state index is 13.0. The molecule has 150 valence electrons. The number of benzene rings is 2. The molecule has 1 aliphatic heterocycles. The van der Waals surface area contributed by atoms with Gasteiger partial charge in [-0.3, -0.25) is 9.69 Å². The number of alkyl halides is 3. The molecule has 1 heterocycles. The number of rotatable bonds is 5. The standard InChI is InChI=1S/C22H25F3N2O/c1-16-10-12-27(13-11-16)15-18-8-6-17(7-9-18)14-26-21(28)19-4-2-3-5-20(19)22(23,24)25/h2-9,16H,10-15H2,1H3,(H,26,28). The monoisotopic (exact) mass is 390 g/mol. The highest BCUT2D eigenvalue weighted by Crippen LogP contribution is 2.31. The largest absolute Gasteiger partial charge is 0.417 e. The van der Waals surface area contributed by atoms with Gasteiger partial charge in [0, 0.05) is 13.1 Å². The van der Waals surface area contributed by atoms with Crippen molar-refractivity contribution in [3.8, 4) is 0 Å². The number of hydrogen-bond acceptors (Lipinski definition) is 2. The fourth-order valence-corrected chi connectivity index (χ4v) is 3.45. The average Bonchev–Trinajstić information content (AvgIpc) is 2.68. The molecule has 3 rings (SSSR count). The number of hydrogen-bond donors (Lipinski definition) is 1. The zero-order valence-electron chi connectivity index (χ0n) is 15.9. The SMILES string of the molecule is CC1CCN(Cc2ccc(CNC(=O)c3ccccc3C(F)(F)F)cc2)CC1. The van der Waals surface area contributed by atoms with Crippen LogP contribution in [0.4, 0.5) is 13.2 Å². The Morgan fingerprint density at radius 3 is 2.29 bits per heavy atom. The summed E-state index contributed by atoms with van der Waals surface area (Å²) in [5.41, 5.74) is 0.783. The predicted octanol–water partition coefficient (Wildman–Crippen LogP) is 4.87. The van der Waals surface area contributed by atoms with Gasteiger partial charge in [-0.15, -0.1) is 0 Å². The molecule has 0 aliphatic carbocycles. The van der Waals surface area contributed by atoms with Crippen LogP contribution in [-0.4, -0.2) is 23.9 Å². The molecule has 6 heteroatoms. The molecular weight excluding hydrogens is 365 g/mol. The Balaban J connectivity index is 1.56. The first kappa shape index (κ1) is 20.4. The van der Waals surface area contributed by atoms with Crippen molar-refractivity contribution in [3.63, 3.8) is 0 Å². The number of nitrogens with zero attached hydrogens (tertiary/aromatic N) is 1. The van der Waals surface area contributed by atoms with Gasteiger partial charge in [0.25, 0.3) is 5.91 Å². The first-order chi connectivity index (χ1) is 13.3. The van der Waals surface area contributed by atoms with E-state index in [0.717, 1.165) is 37.2 Å². The Morgan fingerprint density at radius 2 is 1.64 bits per heavy atom. The lowest BCUT2D eigenvalue weighted by atomic mass is 9.99. The van der Waals surface area contributed by atoms with E-state index in [1.165, 1.54) is 36.6 Å². The van der Waals surface area contributed by atoms with Crippen molar-refractivity contribution in [2.45, 2.75) is 39.0 Å². The summed E-state index contributed by atoms with van der Waals surface area (Å²) in [5, 5.41) is 2.58. The molecule has 3 nitrogen and oxygen atoms in total. The van der Waals surface area contributed by atoms with Gasteiger partial charge in [0.1, 0.15) is 0 Å². The summed E-state index contributed by atoms with van der Waals surface area (Å²) in [6.07, 6.45) is -2.10. The Bertz CT molecular complexity index is 794. The summed E-state index contributed by atoms with van der Waals surface area (Å²) in [6, 6.07) is 12.7. The van der Waals surface area contributed by atoms with Crippen LogP contribution in [0.1, 0.15) is 46.8 Å². The molecule has 0 bridgehead atoms. The van der Waals surface area contributed by atoms with Crippen molar-refractivity contribution in [2.75, 3.05) is 13.1 Å². The van der Waals surface area contributed by atoms with Gasteiger partial charge in [-0.05, 0) is 55.1 Å². The number of carbonyl (C=O) groups excluding carboxylic acids is 1. The molecule has 1 saturated heterocycles. The summed E-state index contributed by atoms with van der Waals surface area (Å²) in [6.45, 7) is 5.59. The maximum Gasteiger partial charge on any atom is 0.417 e. The van der Waals surface area contributed by atoms with E-state index in [-0.39, 0.29) is 12.1 Å². The number of carbonyl (C=O) groups is 1. The van der Waals surface area contributed by atoms with Crippen LogP contribution in [0.2, 0.25) is 0 Å². The predicted molar refractivity (Wildman–Crippen MR) is 103 cm³/mol. The first-order valence-electron chi connectivity index (χ1n) is 9.57. The molecule has 0 aromatic heterocycles. The minimum absolute atomic E-state index is 0.187. The van der Waals surface area contributed by atoms with Gasteiger partial charge in [0.2, 0.25) is 0 Å². The van der Waals surface area contributed by atoms with E-state index < -0.39 is 17.6 Å². The molecule has 0 unspecified atom stereocenters. The highest BCUT2D eigenvalue weighted by atomic mass is 19.4. The quantitative estimate of drug-likeness (QED) is 0.790. The van der Waals surface area contributed by atoms with Crippen molar-refractivity contribution < 1.29 is 18.0 Å². The maximum atomic E-state index is 13.0. The molecule has 1 N–H and O–H groups in total. The molecule has 2 aromatic carbocycles. The zero-order valence-corrected chi connectivity index (χ0v) is 15.9. The number of amides is 1. The molecule has 1 amide bonds. The van der Waals surface area contributed by atoms with Crippen LogP contribution < -0.4 is 5.32 Å². The molecule has 0 saturated carbocycles. The van der Waals surface area contributed by atoms with E-state index in [1.807, 2.05) is 24.3 Å². The van der Waals surface area contributed by atoms with Gasteiger partial charge in [-0.2, -0.15) is 13.2 Å². The Kier molecular flexibility index (Phi) is 6.39. The van der Waals surface area contributed by atoms with Crippen LogP contribution in [0.5, 0.6) is 0 Å². The van der Waals surface area contributed by atoms with E-state index >= 15 is 0 Å². The van der Waals surface area contributed by atoms with E-state index in [9.17, 15) is 18.0 Å². The number of halogens is 3. The number of likely N-dealkylation sites (tertiary alicyclic amines) is 1. The molecule has 0 spiro atoms. The minimum atomic E-state index is -4.55. The van der Waals surface area contributed by atoms with Crippen molar-refractivity contribution in [1.82, 2.24) is 10.2 Å². The summed E-state index contributed by atoms with van der Waals surface area (Å²) < 4.78 is 39.1. The molecule has 2 aromatic rings. The number of nitrogens with one attached hydrogen (secondary N) is 1. The Labute approximate surface area is 163 Å². The summed E-state index contributed by atoms with van der Waals surface area (Å²) >= 11 is 0. The minimum Gasteiger partial charge on any atom is -0.348 e. The van der Waals surface area contributed by atoms with Crippen molar-refractivity contribution in [3.05, 3.63) is 70.8 Å². The topological polar surface area (TPSA) is 32.3 Å². The Hall–Kier alpha value is -2.34. The van der Waals surface area contributed by atoms with Gasteiger partial charge in [-0.1, -0.05) is 43.3 Å². The average molecular weight is 390 g/mol. The zero-order chi connectivity index (χ0) is 20.1. The van der Waals surface area contributed by atoms with E-state index in [1.54, 1.807) is 0 Å². The van der Waals surface area contributed by atoms with Crippen LogP contribution in [0, 0.1) is 5.92 Å². The second-order valence-electron chi connectivity index (χ2n) is 7.50. The smallest absolute Gasteiger partial charge is 0.348 e. The fourth-order valence-electron chi connectivity index (χ4n) is 3.45. The van der Waals surface area contributed by atoms with Crippen molar-refractivity contribution >= 4 is 5.91 Å². The second kappa shape index (κ2) is 8.78. The third-order valence-electron chi connectivity index (χ3n) is 5.24. The normalized spacial score (nSPS) is 16.1. The highest BCUT2D eigenvalue weighted by molar-refractivity contribution is 5.95. The third-order valence-corrected chi connectivity index (χ3v) is 5.24. The Morgan fingerprint density at radius 1 is 1.04 bits per heavy atom. The molecule has 0 atom stereocenters. The lowest BCUT2D eigenvalue weighted by Crippen LogP contribution is -2.32. The van der Waals surface area contributed by atoms with Gasteiger partial charge in [-0.25, -0.2) is 0 Å². The molecule has 28 heavy (non-hydrogen) atoms. The van der Waals surface area contributed by atoms with E-state index in [2.05, 4.69) is 17.1 Å². The van der Waals surface area contributed by atoms with Gasteiger partial charge >= 0.3 is 6.18 Å². The lowest BCUT2D eigenvalue weighted by Gasteiger charge is -2.30. The van der Waals surface area contributed by atoms with Crippen LogP contribution in [0.15, 0.2) is 48.5 Å². The second-order valence-corrected chi connectivity index (χ2v) is 7.50. The van der Waals surface area contributed by atoms with Crippen LogP contribution in [0.25, 0.3) is 0 Å². The van der Waals surface area contributed by atoms with Crippen LogP contribution >= 0.6 is 0 Å². The van der Waals surface area contributed by atoms with Gasteiger partial charge in [0.05, 0.1) is 11.1 Å². The molecule has 1 aliphatic rings. The van der Waals surface area contributed by atoms with Crippen LogP contribution in [-0.2, 0) is 19.3 Å². The van der Waals surface area contributed by atoms with Crippen molar-refractivity contribution in [2.24, 2.45) is 5.92 Å². The first-order valence-corrected chi connectivity index (χ1v) is 9.57.